The standard InChI is InChI=1S/C25H26F5N3O7/c1-33(2)13-5-10(7-32-8-23(26,27)25(28,29)30)18(35)16-12(13)4-9-3-11-6-14(34)17(22(31)39)21(38)24(11,40)20(37)15(9)19(16)36/h5,9,11,32,34-35,37,40H,3-4,6-8H2,1-2H3,(H2,31,39)/t9-,11+,24+/m1/s1. The fourth-order valence-electron chi connectivity index (χ4n) is 5.71. The Kier molecular flexibility index (Phi) is 6.91. The second-order valence-electron chi connectivity index (χ2n) is 10.4. The number of benzene rings is 1. The molecule has 1 aromatic carbocycles. The van der Waals surface area contributed by atoms with Gasteiger partial charge in [0.2, 0.25) is 5.78 Å². The molecule has 0 fully saturated rings. The van der Waals surface area contributed by atoms with Crippen LogP contribution in [0, 0.1) is 11.8 Å². The SMILES string of the molecule is CN(C)c1cc(CNCC(F)(F)C(F)(F)F)c(O)c2c1C[C@H]1C[C@H]3CC(O)=C(C(N)=O)C(=O)[C@@]3(O)C(O)=C1C2=O. The van der Waals surface area contributed by atoms with Crippen LogP contribution >= 0.6 is 0 Å². The second-order valence-corrected chi connectivity index (χ2v) is 10.4. The van der Waals surface area contributed by atoms with Gasteiger partial charge in [-0.05, 0) is 30.4 Å². The zero-order valence-corrected chi connectivity index (χ0v) is 21.2. The molecule has 218 valence electrons. The van der Waals surface area contributed by atoms with Crippen molar-refractivity contribution in [2.75, 3.05) is 25.5 Å². The summed E-state index contributed by atoms with van der Waals surface area (Å²) in [5, 5.41) is 45.5. The molecule has 0 heterocycles. The maximum atomic E-state index is 13.7. The highest BCUT2D eigenvalue weighted by Crippen LogP contribution is 2.52. The number of alkyl halides is 5. The van der Waals surface area contributed by atoms with Crippen LogP contribution in [0.15, 0.2) is 28.7 Å². The minimum absolute atomic E-state index is 0.00465. The van der Waals surface area contributed by atoms with Gasteiger partial charge < -0.3 is 36.4 Å². The van der Waals surface area contributed by atoms with E-state index in [0.29, 0.717) is 5.69 Å². The highest BCUT2D eigenvalue weighted by Gasteiger charge is 2.60. The van der Waals surface area contributed by atoms with Crippen LogP contribution in [0.2, 0.25) is 0 Å². The van der Waals surface area contributed by atoms with Crippen LogP contribution in [0.25, 0.3) is 0 Å². The molecule has 3 atom stereocenters. The van der Waals surface area contributed by atoms with E-state index in [4.69, 9.17) is 5.73 Å². The Morgan fingerprint density at radius 3 is 2.33 bits per heavy atom. The van der Waals surface area contributed by atoms with E-state index in [1.807, 2.05) is 5.32 Å². The van der Waals surface area contributed by atoms with Crippen molar-refractivity contribution in [1.82, 2.24) is 5.32 Å². The molecule has 15 heteroatoms. The third-order valence-electron chi connectivity index (χ3n) is 7.68. The molecule has 0 spiro atoms. The van der Waals surface area contributed by atoms with Gasteiger partial charge in [-0.1, -0.05) is 0 Å². The van der Waals surface area contributed by atoms with Gasteiger partial charge in [-0.2, -0.15) is 22.0 Å². The molecular weight excluding hydrogens is 549 g/mol. The number of nitrogens with two attached hydrogens (primary N) is 1. The lowest BCUT2D eigenvalue weighted by Gasteiger charge is -2.46. The van der Waals surface area contributed by atoms with Crippen molar-refractivity contribution in [3.63, 3.8) is 0 Å². The van der Waals surface area contributed by atoms with Crippen LogP contribution in [-0.2, 0) is 22.6 Å². The van der Waals surface area contributed by atoms with Crippen molar-refractivity contribution in [3.05, 3.63) is 45.4 Å². The number of fused-ring (bicyclic) bond motifs is 3. The van der Waals surface area contributed by atoms with Gasteiger partial charge in [0.05, 0.1) is 12.1 Å². The predicted octanol–water partition coefficient (Wildman–Crippen LogP) is 1.93. The van der Waals surface area contributed by atoms with Gasteiger partial charge in [0, 0.05) is 49.8 Å². The lowest BCUT2D eigenvalue weighted by Crippen LogP contribution is -2.57. The van der Waals surface area contributed by atoms with E-state index in [0.717, 1.165) is 0 Å². The number of carbonyl (C=O) groups is 3. The molecule has 0 aromatic heterocycles. The number of allylic oxidation sites excluding steroid dienone is 2. The Hall–Kier alpha value is -3.72. The van der Waals surface area contributed by atoms with E-state index in [9.17, 15) is 56.8 Å². The van der Waals surface area contributed by atoms with E-state index in [1.165, 1.54) is 11.0 Å². The van der Waals surface area contributed by atoms with Crippen LogP contribution in [0.5, 0.6) is 5.75 Å². The largest absolute Gasteiger partial charge is 0.511 e. The van der Waals surface area contributed by atoms with Crippen molar-refractivity contribution in [2.45, 2.75) is 43.5 Å². The lowest BCUT2D eigenvalue weighted by atomic mass is 9.60. The van der Waals surface area contributed by atoms with Gasteiger partial charge in [0.15, 0.2) is 11.4 Å². The summed E-state index contributed by atoms with van der Waals surface area (Å²) in [7, 11) is 3.14. The maximum absolute atomic E-state index is 13.7. The summed E-state index contributed by atoms with van der Waals surface area (Å²) in [4.78, 5) is 40.0. The molecule has 40 heavy (non-hydrogen) atoms. The molecule has 7 N–H and O–H groups in total. The molecule has 0 aliphatic heterocycles. The Morgan fingerprint density at radius 2 is 1.77 bits per heavy atom. The van der Waals surface area contributed by atoms with E-state index in [2.05, 4.69) is 0 Å². The summed E-state index contributed by atoms with van der Waals surface area (Å²) in [5.74, 6) is -13.2. The summed E-state index contributed by atoms with van der Waals surface area (Å²) in [5.41, 5.74) is 1.07. The monoisotopic (exact) mass is 575 g/mol. The Morgan fingerprint density at radius 1 is 1.15 bits per heavy atom. The van der Waals surface area contributed by atoms with Crippen molar-refractivity contribution in [3.8, 4) is 5.75 Å². The topological polar surface area (TPSA) is 173 Å². The number of phenolic OH excluding ortho intramolecular Hbond substituents is 1. The molecule has 1 aromatic rings. The molecule has 10 nitrogen and oxygen atoms in total. The summed E-state index contributed by atoms with van der Waals surface area (Å²) in [6.45, 7) is -2.49. The Labute approximate surface area is 223 Å². The van der Waals surface area contributed by atoms with Crippen LogP contribution in [0.4, 0.5) is 27.6 Å². The number of aliphatic hydroxyl groups excluding tert-OH is 2. The first-order chi connectivity index (χ1) is 18.3. The number of hydrogen-bond acceptors (Lipinski definition) is 9. The number of hydrogen-bond donors (Lipinski definition) is 6. The zero-order chi connectivity index (χ0) is 30.1. The Bertz CT molecular complexity index is 1390. The summed E-state index contributed by atoms with van der Waals surface area (Å²) >= 11 is 0. The number of halogens is 5. The number of anilines is 1. The fraction of sp³-hybridized carbons (Fsp3) is 0.480. The number of nitrogens with one attached hydrogen (secondary N) is 1. The van der Waals surface area contributed by atoms with Crippen molar-refractivity contribution < 1.29 is 56.8 Å². The molecule has 0 bridgehead atoms. The highest BCUT2D eigenvalue weighted by molar-refractivity contribution is 6.24. The number of aliphatic hydroxyl groups is 3. The van der Waals surface area contributed by atoms with E-state index >= 15 is 0 Å². The van der Waals surface area contributed by atoms with Crippen LogP contribution in [-0.4, -0.2) is 76.2 Å². The highest BCUT2D eigenvalue weighted by atomic mass is 19.4. The molecule has 0 saturated heterocycles. The van der Waals surface area contributed by atoms with E-state index in [1.54, 1.807) is 14.1 Å². The quantitative estimate of drug-likeness (QED) is 0.219. The number of carbonyl (C=O) groups excluding carboxylic acids is 3. The number of phenols is 1. The molecular formula is C25H26F5N3O7. The van der Waals surface area contributed by atoms with Gasteiger partial charge in [-0.25, -0.2) is 0 Å². The van der Waals surface area contributed by atoms with Crippen molar-refractivity contribution in [1.29, 1.82) is 0 Å². The second kappa shape index (κ2) is 9.44. The summed E-state index contributed by atoms with van der Waals surface area (Å²) in [6.07, 6.45) is -6.30. The molecule has 4 rings (SSSR count). The number of primary amides is 1. The Balaban J connectivity index is 1.79. The van der Waals surface area contributed by atoms with E-state index in [-0.39, 0.29) is 29.5 Å². The first kappa shape index (κ1) is 29.3. The summed E-state index contributed by atoms with van der Waals surface area (Å²) in [6, 6.07) is 1.33. The third kappa shape index (κ3) is 4.27. The average Bonchev–Trinajstić information content (AvgIpc) is 2.81. The summed E-state index contributed by atoms with van der Waals surface area (Å²) < 4.78 is 64.3. The normalized spacial score (nSPS) is 25.0. The molecule has 3 aliphatic rings. The van der Waals surface area contributed by atoms with Crippen molar-refractivity contribution in [2.24, 2.45) is 17.6 Å². The van der Waals surface area contributed by atoms with Crippen LogP contribution in [0.1, 0.15) is 34.3 Å². The van der Waals surface area contributed by atoms with Gasteiger partial charge in [0.25, 0.3) is 5.91 Å². The predicted molar refractivity (Wildman–Crippen MR) is 128 cm³/mol. The first-order valence-corrected chi connectivity index (χ1v) is 12.0. The third-order valence-corrected chi connectivity index (χ3v) is 7.68. The first-order valence-electron chi connectivity index (χ1n) is 12.0. The van der Waals surface area contributed by atoms with Crippen molar-refractivity contribution >= 4 is 23.2 Å². The number of nitrogens with zero attached hydrogens (tertiary/aromatic N) is 1. The minimum atomic E-state index is -5.81. The van der Waals surface area contributed by atoms with E-state index < -0.39 is 94.9 Å². The number of rotatable bonds is 6. The van der Waals surface area contributed by atoms with Crippen LogP contribution < -0.4 is 16.0 Å². The number of Topliss-reactive ketones (excluding diaryl/α,β-unsaturated/α-hetero) is 2. The lowest BCUT2D eigenvalue weighted by molar-refractivity contribution is -0.279. The molecule has 0 saturated carbocycles. The molecule has 0 radical (unpaired) electrons. The van der Waals surface area contributed by atoms with Crippen LogP contribution in [0.3, 0.4) is 0 Å². The fourth-order valence-corrected chi connectivity index (χ4v) is 5.71. The van der Waals surface area contributed by atoms with Gasteiger partial charge in [0.1, 0.15) is 22.8 Å². The average molecular weight is 575 g/mol. The number of ketones is 2. The molecule has 1 amide bonds. The molecule has 3 aliphatic carbocycles. The number of amides is 1. The van der Waals surface area contributed by atoms with Gasteiger partial charge in [-0.3, -0.25) is 14.4 Å². The minimum Gasteiger partial charge on any atom is -0.511 e. The maximum Gasteiger partial charge on any atom is 0.454 e. The number of aromatic hydroxyl groups is 1. The van der Waals surface area contributed by atoms with Gasteiger partial charge >= 0.3 is 12.1 Å². The molecule has 0 unspecified atom stereocenters. The zero-order valence-electron chi connectivity index (χ0n) is 21.2. The van der Waals surface area contributed by atoms with Gasteiger partial charge in [-0.15, -0.1) is 0 Å². The smallest absolute Gasteiger partial charge is 0.454 e.